The van der Waals surface area contributed by atoms with Gasteiger partial charge in [0.05, 0.1) is 13.2 Å². The van der Waals surface area contributed by atoms with Gasteiger partial charge in [-0.15, -0.1) is 0 Å². The molecule has 4 nitrogen and oxygen atoms in total. The quantitative estimate of drug-likeness (QED) is 0.712. The van der Waals surface area contributed by atoms with Crippen molar-refractivity contribution in [1.82, 2.24) is 0 Å². The van der Waals surface area contributed by atoms with Crippen LogP contribution >= 0.6 is 0 Å². The second kappa shape index (κ2) is 4.85. The average Bonchev–Trinajstić information content (AvgIpc) is 2.57. The van der Waals surface area contributed by atoms with Crippen molar-refractivity contribution in [2.24, 2.45) is 5.73 Å². The van der Waals surface area contributed by atoms with Crippen LogP contribution in [-0.2, 0) is 14.3 Å². The molecule has 1 aliphatic carbocycles. The first-order chi connectivity index (χ1) is 6.98. The molecule has 88 valence electrons. The molecule has 0 heterocycles. The highest BCUT2D eigenvalue weighted by atomic mass is 19.3. The molecular weight excluding hydrogens is 208 g/mol. The van der Waals surface area contributed by atoms with Gasteiger partial charge in [-0.25, -0.2) is 8.78 Å². The molecule has 0 radical (unpaired) electrons. The number of rotatable bonds is 4. The third-order valence-electron chi connectivity index (χ3n) is 2.55. The van der Waals surface area contributed by atoms with Crippen molar-refractivity contribution in [2.75, 3.05) is 13.7 Å². The summed E-state index contributed by atoms with van der Waals surface area (Å²) in [6.07, 6.45) is -1.70. The Labute approximate surface area is 86.7 Å². The lowest BCUT2D eigenvalue weighted by molar-refractivity contribution is -0.147. The van der Waals surface area contributed by atoms with E-state index in [1.54, 1.807) is 0 Å². The number of hydrogen-bond donors (Lipinski definition) is 1. The highest BCUT2D eigenvalue weighted by Crippen LogP contribution is 2.31. The van der Waals surface area contributed by atoms with E-state index in [-0.39, 0.29) is 12.5 Å². The summed E-state index contributed by atoms with van der Waals surface area (Å²) in [7, 11) is 1.25. The summed E-state index contributed by atoms with van der Waals surface area (Å²) in [5.74, 6) is -0.509. The SMILES string of the molecule is COC(=O)C1(N)CCC(OCC(F)F)C1. The largest absolute Gasteiger partial charge is 0.468 e. The topological polar surface area (TPSA) is 61.5 Å². The number of alkyl halides is 2. The summed E-state index contributed by atoms with van der Waals surface area (Å²) >= 11 is 0. The van der Waals surface area contributed by atoms with E-state index in [1.165, 1.54) is 7.11 Å². The van der Waals surface area contributed by atoms with Gasteiger partial charge in [0.2, 0.25) is 0 Å². The van der Waals surface area contributed by atoms with E-state index in [2.05, 4.69) is 4.74 Å². The van der Waals surface area contributed by atoms with Crippen molar-refractivity contribution in [3.63, 3.8) is 0 Å². The fourth-order valence-corrected chi connectivity index (χ4v) is 1.77. The Bertz CT molecular complexity index is 237. The van der Waals surface area contributed by atoms with Gasteiger partial charge in [-0.1, -0.05) is 0 Å². The molecule has 1 fully saturated rings. The average molecular weight is 223 g/mol. The number of hydrogen-bond acceptors (Lipinski definition) is 4. The summed E-state index contributed by atoms with van der Waals surface area (Å²) in [5, 5.41) is 0. The predicted octanol–water partition coefficient (Wildman–Crippen LogP) is 0.691. The molecule has 15 heavy (non-hydrogen) atoms. The van der Waals surface area contributed by atoms with Gasteiger partial charge in [-0.3, -0.25) is 4.79 Å². The molecule has 0 aliphatic heterocycles. The number of ether oxygens (including phenoxy) is 2. The Kier molecular flexibility index (Phi) is 3.98. The van der Waals surface area contributed by atoms with Crippen LogP contribution in [-0.4, -0.2) is 37.8 Å². The van der Waals surface area contributed by atoms with Crippen LogP contribution in [0.1, 0.15) is 19.3 Å². The smallest absolute Gasteiger partial charge is 0.325 e. The predicted molar refractivity (Wildman–Crippen MR) is 48.5 cm³/mol. The molecule has 0 aromatic heterocycles. The molecule has 0 bridgehead atoms. The number of methoxy groups -OCH3 is 1. The minimum Gasteiger partial charge on any atom is -0.468 e. The van der Waals surface area contributed by atoms with Gasteiger partial charge in [0, 0.05) is 6.42 Å². The van der Waals surface area contributed by atoms with Crippen molar-refractivity contribution in [2.45, 2.75) is 37.3 Å². The lowest BCUT2D eigenvalue weighted by atomic mass is 10.00. The van der Waals surface area contributed by atoms with E-state index < -0.39 is 24.5 Å². The lowest BCUT2D eigenvalue weighted by Gasteiger charge is -2.20. The number of halogens is 2. The second-order valence-corrected chi connectivity index (χ2v) is 3.74. The van der Waals surface area contributed by atoms with Gasteiger partial charge in [0.25, 0.3) is 6.43 Å². The van der Waals surface area contributed by atoms with E-state index in [1.807, 2.05) is 0 Å². The van der Waals surface area contributed by atoms with Crippen molar-refractivity contribution in [3.8, 4) is 0 Å². The summed E-state index contributed by atoms with van der Waals surface area (Å²) in [6, 6.07) is 0. The molecule has 0 spiro atoms. The number of nitrogens with two attached hydrogens (primary N) is 1. The fraction of sp³-hybridized carbons (Fsp3) is 0.889. The van der Waals surface area contributed by atoms with Gasteiger partial charge in [0.15, 0.2) is 0 Å². The fourth-order valence-electron chi connectivity index (χ4n) is 1.77. The van der Waals surface area contributed by atoms with E-state index in [9.17, 15) is 13.6 Å². The zero-order chi connectivity index (χ0) is 11.5. The van der Waals surface area contributed by atoms with Crippen LogP contribution in [0.25, 0.3) is 0 Å². The van der Waals surface area contributed by atoms with Gasteiger partial charge < -0.3 is 15.2 Å². The van der Waals surface area contributed by atoms with Crippen LogP contribution in [0.4, 0.5) is 8.78 Å². The van der Waals surface area contributed by atoms with Crippen LogP contribution in [0.3, 0.4) is 0 Å². The summed E-state index contributed by atoms with van der Waals surface area (Å²) < 4.78 is 33.2. The molecule has 2 unspecified atom stereocenters. The Balaban J connectivity index is 2.41. The van der Waals surface area contributed by atoms with E-state index in [4.69, 9.17) is 10.5 Å². The van der Waals surface area contributed by atoms with Crippen LogP contribution in [0.5, 0.6) is 0 Å². The molecule has 0 aromatic rings. The maximum absolute atomic E-state index is 11.9. The molecule has 1 aliphatic rings. The molecule has 6 heteroatoms. The van der Waals surface area contributed by atoms with Gasteiger partial charge in [-0.05, 0) is 12.8 Å². The first-order valence-corrected chi connectivity index (χ1v) is 4.75. The number of carbonyl (C=O) groups excluding carboxylic acids is 1. The minimum absolute atomic E-state index is 0.242. The Morgan fingerprint density at radius 1 is 1.67 bits per heavy atom. The monoisotopic (exact) mass is 223 g/mol. The van der Waals surface area contributed by atoms with Crippen LogP contribution < -0.4 is 5.73 Å². The van der Waals surface area contributed by atoms with E-state index >= 15 is 0 Å². The van der Waals surface area contributed by atoms with Gasteiger partial charge in [-0.2, -0.15) is 0 Å². The first-order valence-electron chi connectivity index (χ1n) is 4.75. The Morgan fingerprint density at radius 3 is 2.87 bits per heavy atom. The van der Waals surface area contributed by atoms with Crippen LogP contribution in [0.2, 0.25) is 0 Å². The molecule has 2 N–H and O–H groups in total. The third kappa shape index (κ3) is 3.10. The van der Waals surface area contributed by atoms with Crippen molar-refractivity contribution in [1.29, 1.82) is 0 Å². The van der Waals surface area contributed by atoms with Gasteiger partial charge >= 0.3 is 5.97 Å². The molecule has 1 rings (SSSR count). The van der Waals surface area contributed by atoms with Crippen molar-refractivity contribution >= 4 is 5.97 Å². The number of carbonyl (C=O) groups is 1. The van der Waals surface area contributed by atoms with Crippen LogP contribution in [0.15, 0.2) is 0 Å². The zero-order valence-electron chi connectivity index (χ0n) is 8.54. The standard InChI is InChI=1S/C9H15F2NO3/c1-14-8(13)9(12)3-2-6(4-9)15-5-7(10)11/h6-7H,2-5,12H2,1H3. The Morgan fingerprint density at radius 2 is 2.33 bits per heavy atom. The molecule has 1 saturated carbocycles. The molecule has 0 amide bonds. The molecule has 2 atom stereocenters. The summed E-state index contributed by atoms with van der Waals surface area (Å²) in [4.78, 5) is 11.3. The summed E-state index contributed by atoms with van der Waals surface area (Å²) in [6.45, 7) is -0.609. The maximum Gasteiger partial charge on any atom is 0.325 e. The molecular formula is C9H15F2NO3. The maximum atomic E-state index is 11.9. The summed E-state index contributed by atoms with van der Waals surface area (Å²) in [5.41, 5.74) is 4.70. The van der Waals surface area contributed by atoms with Crippen molar-refractivity contribution < 1.29 is 23.0 Å². The van der Waals surface area contributed by atoms with E-state index in [0.717, 1.165) is 0 Å². The highest BCUT2D eigenvalue weighted by molar-refractivity contribution is 5.80. The van der Waals surface area contributed by atoms with Gasteiger partial charge in [0.1, 0.15) is 12.1 Å². The highest BCUT2D eigenvalue weighted by Gasteiger charge is 2.43. The normalized spacial score (nSPS) is 30.9. The zero-order valence-corrected chi connectivity index (χ0v) is 8.54. The molecule has 0 saturated heterocycles. The first kappa shape index (κ1) is 12.3. The molecule has 0 aromatic carbocycles. The third-order valence-corrected chi connectivity index (χ3v) is 2.55. The van der Waals surface area contributed by atoms with Crippen LogP contribution in [0, 0.1) is 0 Å². The Hall–Kier alpha value is -0.750. The van der Waals surface area contributed by atoms with Crippen molar-refractivity contribution in [3.05, 3.63) is 0 Å². The second-order valence-electron chi connectivity index (χ2n) is 3.74. The number of esters is 1. The minimum atomic E-state index is -2.49. The lowest BCUT2D eigenvalue weighted by Crippen LogP contribution is -2.46. The van der Waals surface area contributed by atoms with E-state index in [0.29, 0.717) is 12.8 Å².